The summed E-state index contributed by atoms with van der Waals surface area (Å²) in [6.07, 6.45) is 15.8. The van der Waals surface area contributed by atoms with Crippen molar-refractivity contribution in [3.63, 3.8) is 0 Å². The van der Waals surface area contributed by atoms with E-state index in [4.69, 9.17) is 10.7 Å². The van der Waals surface area contributed by atoms with Crippen LogP contribution in [0, 0.1) is 0 Å². The Kier molecular flexibility index (Phi) is 6.86. The third-order valence-electron chi connectivity index (χ3n) is 3.98. The average Bonchev–Trinajstić information content (AvgIpc) is 2.79. The van der Waals surface area contributed by atoms with Crippen LogP contribution in [0.2, 0.25) is 0 Å². The summed E-state index contributed by atoms with van der Waals surface area (Å²) >= 11 is 1.96. The van der Waals surface area contributed by atoms with Gasteiger partial charge in [-0.2, -0.15) is 0 Å². The largest absolute Gasteiger partial charge is 0.330 e. The average molecular weight is 280 g/mol. The first-order valence-corrected chi connectivity index (χ1v) is 8.89. The first-order valence-electron chi connectivity index (χ1n) is 8.07. The van der Waals surface area contributed by atoms with Crippen LogP contribution in [-0.4, -0.2) is 11.5 Å². The fraction of sp³-hybridized carbons (Fsp3) is 0.812. The Labute approximate surface area is 121 Å². The van der Waals surface area contributed by atoms with Crippen molar-refractivity contribution in [2.75, 3.05) is 6.54 Å². The molecular formula is C16H28N2S. The lowest BCUT2D eigenvalue weighted by molar-refractivity contribution is 0.559. The zero-order valence-corrected chi connectivity index (χ0v) is 12.9. The summed E-state index contributed by atoms with van der Waals surface area (Å²) in [5.74, 6) is 0. The minimum absolute atomic E-state index is 0.782. The zero-order valence-electron chi connectivity index (χ0n) is 12.1. The number of hydrogen-bond acceptors (Lipinski definition) is 3. The Hall–Kier alpha value is -0.410. The molecule has 0 radical (unpaired) electrons. The summed E-state index contributed by atoms with van der Waals surface area (Å²) in [5.41, 5.74) is 7.02. The van der Waals surface area contributed by atoms with Crippen LogP contribution < -0.4 is 5.73 Å². The van der Waals surface area contributed by atoms with Crippen molar-refractivity contribution < 1.29 is 0 Å². The minimum Gasteiger partial charge on any atom is -0.330 e. The highest BCUT2D eigenvalue weighted by Crippen LogP contribution is 2.25. The maximum atomic E-state index is 5.60. The number of aromatic nitrogens is 1. The van der Waals surface area contributed by atoms with E-state index in [1.165, 1.54) is 74.9 Å². The van der Waals surface area contributed by atoms with E-state index in [1.807, 2.05) is 11.3 Å². The highest BCUT2D eigenvalue weighted by Gasteiger charge is 2.11. The predicted octanol–water partition coefficient (Wildman–Crippen LogP) is 4.25. The lowest BCUT2D eigenvalue weighted by Gasteiger charge is -2.06. The molecule has 1 aliphatic carbocycles. The van der Waals surface area contributed by atoms with Gasteiger partial charge >= 0.3 is 0 Å². The van der Waals surface area contributed by atoms with Gasteiger partial charge in [0.25, 0.3) is 0 Å². The lowest BCUT2D eigenvalue weighted by atomic mass is 10.0. The van der Waals surface area contributed by atoms with Crippen LogP contribution in [0.4, 0.5) is 0 Å². The van der Waals surface area contributed by atoms with E-state index >= 15 is 0 Å². The second-order valence-corrected chi connectivity index (χ2v) is 6.87. The normalized spacial score (nSPS) is 18.4. The van der Waals surface area contributed by atoms with Crippen LogP contribution in [0.15, 0.2) is 0 Å². The second-order valence-electron chi connectivity index (χ2n) is 5.70. The van der Waals surface area contributed by atoms with Gasteiger partial charge in [0.1, 0.15) is 0 Å². The molecule has 1 aromatic heterocycles. The van der Waals surface area contributed by atoms with E-state index in [0.29, 0.717) is 0 Å². The van der Waals surface area contributed by atoms with Gasteiger partial charge in [-0.05, 0) is 38.6 Å². The van der Waals surface area contributed by atoms with Crippen LogP contribution >= 0.6 is 11.3 Å². The lowest BCUT2D eigenvalue weighted by Crippen LogP contribution is -2.00. The topological polar surface area (TPSA) is 38.9 Å². The second kappa shape index (κ2) is 8.70. The van der Waals surface area contributed by atoms with Gasteiger partial charge in [-0.1, -0.05) is 38.5 Å². The predicted molar refractivity (Wildman–Crippen MR) is 83.8 cm³/mol. The third-order valence-corrected chi connectivity index (χ3v) is 5.20. The van der Waals surface area contributed by atoms with E-state index in [-0.39, 0.29) is 0 Å². The fourth-order valence-electron chi connectivity index (χ4n) is 2.83. The molecule has 0 amide bonds. The van der Waals surface area contributed by atoms with Gasteiger partial charge in [0.05, 0.1) is 10.7 Å². The number of thiazole rings is 1. The third kappa shape index (κ3) is 5.23. The highest BCUT2D eigenvalue weighted by atomic mass is 32.1. The maximum absolute atomic E-state index is 5.60. The van der Waals surface area contributed by atoms with Gasteiger partial charge in [-0.3, -0.25) is 0 Å². The first kappa shape index (κ1) is 15.0. The van der Waals surface area contributed by atoms with Crippen molar-refractivity contribution in [1.82, 2.24) is 4.98 Å². The molecule has 0 bridgehead atoms. The fourth-order valence-corrected chi connectivity index (χ4v) is 4.02. The van der Waals surface area contributed by atoms with Crippen LogP contribution in [0.5, 0.6) is 0 Å². The molecule has 0 aromatic carbocycles. The highest BCUT2D eigenvalue weighted by molar-refractivity contribution is 7.11. The van der Waals surface area contributed by atoms with Gasteiger partial charge in [-0.15, -0.1) is 11.3 Å². The molecule has 0 unspecified atom stereocenters. The van der Waals surface area contributed by atoms with E-state index < -0.39 is 0 Å². The molecule has 2 nitrogen and oxygen atoms in total. The smallest absolute Gasteiger partial charge is 0.0931 e. The number of hydrogen-bond donors (Lipinski definition) is 1. The maximum Gasteiger partial charge on any atom is 0.0931 e. The van der Waals surface area contributed by atoms with Crippen molar-refractivity contribution in [2.24, 2.45) is 5.73 Å². The number of rotatable bonds is 3. The zero-order chi connectivity index (χ0) is 13.3. The monoisotopic (exact) mass is 280 g/mol. The summed E-state index contributed by atoms with van der Waals surface area (Å²) in [4.78, 5) is 6.46. The van der Waals surface area contributed by atoms with Gasteiger partial charge in [0.2, 0.25) is 0 Å². The molecule has 0 atom stereocenters. The number of aryl methyl sites for hydroxylation is 3. The summed E-state index contributed by atoms with van der Waals surface area (Å²) in [6.45, 7) is 0.782. The quantitative estimate of drug-likeness (QED) is 0.898. The molecule has 2 rings (SSSR count). The Morgan fingerprint density at radius 1 is 0.895 bits per heavy atom. The van der Waals surface area contributed by atoms with Crippen molar-refractivity contribution in [1.29, 1.82) is 0 Å². The standard InChI is InChI=1S/C16H28N2S/c17-13-9-12-16-18-14-10-7-5-3-1-2-4-6-8-11-15(14)19-16/h1-13,17H2. The molecule has 0 saturated carbocycles. The van der Waals surface area contributed by atoms with E-state index in [2.05, 4.69) is 0 Å². The SMILES string of the molecule is NCCCc1nc2c(s1)CCCCCCCCCC2. The summed E-state index contributed by atoms with van der Waals surface area (Å²) < 4.78 is 0. The van der Waals surface area contributed by atoms with Crippen molar-refractivity contribution in [3.05, 3.63) is 15.6 Å². The molecule has 0 aliphatic heterocycles. The number of nitrogens with zero attached hydrogens (tertiary/aromatic N) is 1. The van der Waals surface area contributed by atoms with Crippen LogP contribution in [0.3, 0.4) is 0 Å². The van der Waals surface area contributed by atoms with Gasteiger partial charge in [-0.25, -0.2) is 4.98 Å². The van der Waals surface area contributed by atoms with Crippen molar-refractivity contribution in [3.8, 4) is 0 Å². The number of nitrogens with two attached hydrogens (primary N) is 1. The molecule has 2 N–H and O–H groups in total. The van der Waals surface area contributed by atoms with Crippen LogP contribution in [-0.2, 0) is 19.3 Å². The Balaban J connectivity index is 1.98. The van der Waals surface area contributed by atoms with Gasteiger partial charge in [0.15, 0.2) is 0 Å². The molecular weight excluding hydrogens is 252 g/mol. The van der Waals surface area contributed by atoms with Gasteiger partial charge < -0.3 is 5.73 Å². The number of fused-ring (bicyclic) bond motifs is 1. The van der Waals surface area contributed by atoms with Crippen LogP contribution in [0.25, 0.3) is 0 Å². The molecule has 1 heterocycles. The molecule has 108 valence electrons. The van der Waals surface area contributed by atoms with Gasteiger partial charge in [0, 0.05) is 11.3 Å². The summed E-state index contributed by atoms with van der Waals surface area (Å²) in [7, 11) is 0. The van der Waals surface area contributed by atoms with Crippen molar-refractivity contribution >= 4 is 11.3 Å². The molecule has 0 fully saturated rings. The minimum atomic E-state index is 0.782. The molecule has 0 spiro atoms. The van der Waals surface area contributed by atoms with E-state index in [9.17, 15) is 0 Å². The molecule has 1 aliphatic rings. The Morgan fingerprint density at radius 2 is 1.53 bits per heavy atom. The Morgan fingerprint density at radius 3 is 2.21 bits per heavy atom. The molecule has 1 aromatic rings. The van der Waals surface area contributed by atoms with E-state index in [0.717, 1.165) is 19.4 Å². The summed E-state index contributed by atoms with van der Waals surface area (Å²) in [6, 6.07) is 0. The van der Waals surface area contributed by atoms with E-state index in [1.54, 1.807) is 4.88 Å². The van der Waals surface area contributed by atoms with Crippen LogP contribution in [0.1, 0.15) is 73.4 Å². The van der Waals surface area contributed by atoms with Crippen molar-refractivity contribution in [2.45, 2.75) is 77.0 Å². The Bertz CT molecular complexity index is 330. The molecule has 3 heteroatoms. The summed E-state index contributed by atoms with van der Waals surface area (Å²) in [5, 5.41) is 1.32. The first-order chi connectivity index (χ1) is 9.40. The molecule has 19 heavy (non-hydrogen) atoms. The molecule has 0 saturated heterocycles.